The molecule has 2 rings (SSSR count). The monoisotopic (exact) mass is 247 g/mol. The van der Waals surface area contributed by atoms with Gasteiger partial charge in [0.2, 0.25) is 0 Å². The molecule has 0 radical (unpaired) electrons. The highest BCUT2D eigenvalue weighted by molar-refractivity contribution is 5.30. The van der Waals surface area contributed by atoms with Crippen LogP contribution in [0.5, 0.6) is 5.75 Å². The zero-order valence-corrected chi connectivity index (χ0v) is 11.6. The lowest BCUT2D eigenvalue weighted by atomic mass is 9.72. The van der Waals surface area contributed by atoms with Gasteiger partial charge in [0.1, 0.15) is 5.75 Å². The maximum absolute atomic E-state index is 6.50. The summed E-state index contributed by atoms with van der Waals surface area (Å²) in [6, 6.07) is 8.40. The van der Waals surface area contributed by atoms with Crippen LogP contribution < -0.4 is 10.5 Å². The summed E-state index contributed by atoms with van der Waals surface area (Å²) in [5, 5.41) is 0. The van der Waals surface area contributed by atoms with E-state index < -0.39 is 0 Å². The van der Waals surface area contributed by atoms with Crippen LogP contribution in [0.1, 0.15) is 50.6 Å². The Morgan fingerprint density at radius 3 is 2.83 bits per heavy atom. The smallest absolute Gasteiger partial charge is 0.119 e. The molecular formula is C16H25NO. The predicted molar refractivity (Wildman–Crippen MR) is 75.7 cm³/mol. The van der Waals surface area contributed by atoms with E-state index in [0.717, 1.165) is 11.7 Å². The SMILES string of the molecule is CCC1CCCCC1C(N)c1cccc(OC)c1. The van der Waals surface area contributed by atoms with Crippen molar-refractivity contribution in [3.05, 3.63) is 29.8 Å². The van der Waals surface area contributed by atoms with Crippen molar-refractivity contribution in [1.82, 2.24) is 0 Å². The van der Waals surface area contributed by atoms with Gasteiger partial charge < -0.3 is 10.5 Å². The average Bonchev–Trinajstić information content (AvgIpc) is 2.46. The molecule has 0 saturated heterocycles. The van der Waals surface area contributed by atoms with Crippen LogP contribution in [0.15, 0.2) is 24.3 Å². The third-order valence-electron chi connectivity index (χ3n) is 4.43. The standard InChI is InChI=1S/C16H25NO/c1-3-12-7-4-5-10-15(12)16(17)13-8-6-9-14(11-13)18-2/h6,8-9,11-12,15-16H,3-5,7,10,17H2,1-2H3. The van der Waals surface area contributed by atoms with Crippen LogP contribution in [-0.4, -0.2) is 7.11 Å². The number of nitrogens with two attached hydrogens (primary N) is 1. The van der Waals surface area contributed by atoms with Gasteiger partial charge >= 0.3 is 0 Å². The van der Waals surface area contributed by atoms with Gasteiger partial charge in [-0.1, -0.05) is 44.7 Å². The van der Waals surface area contributed by atoms with E-state index in [9.17, 15) is 0 Å². The second kappa shape index (κ2) is 6.24. The van der Waals surface area contributed by atoms with E-state index in [2.05, 4.69) is 19.1 Å². The highest BCUT2D eigenvalue weighted by Crippen LogP contribution is 2.39. The molecule has 1 aromatic rings. The Morgan fingerprint density at radius 2 is 2.11 bits per heavy atom. The lowest BCUT2D eigenvalue weighted by Crippen LogP contribution is -2.30. The van der Waals surface area contributed by atoms with Crippen LogP contribution in [0.2, 0.25) is 0 Å². The van der Waals surface area contributed by atoms with Crippen molar-refractivity contribution < 1.29 is 4.74 Å². The summed E-state index contributed by atoms with van der Waals surface area (Å²) in [4.78, 5) is 0. The minimum Gasteiger partial charge on any atom is -0.497 e. The van der Waals surface area contributed by atoms with Crippen LogP contribution >= 0.6 is 0 Å². The summed E-state index contributed by atoms with van der Waals surface area (Å²) in [6.07, 6.45) is 6.58. The lowest BCUT2D eigenvalue weighted by molar-refractivity contribution is 0.196. The van der Waals surface area contributed by atoms with Crippen molar-refractivity contribution in [3.63, 3.8) is 0 Å². The van der Waals surface area contributed by atoms with Crippen LogP contribution in [0.25, 0.3) is 0 Å². The second-order valence-electron chi connectivity index (χ2n) is 5.42. The van der Waals surface area contributed by atoms with Crippen LogP contribution in [-0.2, 0) is 0 Å². The first-order valence-electron chi connectivity index (χ1n) is 7.15. The molecule has 1 aliphatic rings. The molecular weight excluding hydrogens is 222 g/mol. The van der Waals surface area contributed by atoms with Crippen molar-refractivity contribution in [2.24, 2.45) is 17.6 Å². The zero-order chi connectivity index (χ0) is 13.0. The zero-order valence-electron chi connectivity index (χ0n) is 11.6. The number of hydrogen-bond acceptors (Lipinski definition) is 2. The van der Waals surface area contributed by atoms with Crippen molar-refractivity contribution in [2.45, 2.75) is 45.1 Å². The minimum atomic E-state index is 0.158. The molecule has 100 valence electrons. The van der Waals surface area contributed by atoms with E-state index in [-0.39, 0.29) is 6.04 Å². The first-order chi connectivity index (χ1) is 8.76. The second-order valence-corrected chi connectivity index (χ2v) is 5.42. The van der Waals surface area contributed by atoms with E-state index in [1.165, 1.54) is 37.7 Å². The van der Waals surface area contributed by atoms with Gasteiger partial charge in [0.05, 0.1) is 7.11 Å². The molecule has 2 heteroatoms. The summed E-state index contributed by atoms with van der Waals surface area (Å²) >= 11 is 0. The lowest BCUT2D eigenvalue weighted by Gasteiger charge is -2.35. The average molecular weight is 247 g/mol. The van der Waals surface area contributed by atoms with Gasteiger partial charge in [0.15, 0.2) is 0 Å². The number of hydrogen-bond donors (Lipinski definition) is 1. The fraction of sp³-hybridized carbons (Fsp3) is 0.625. The van der Waals surface area contributed by atoms with Crippen molar-refractivity contribution in [2.75, 3.05) is 7.11 Å². The third kappa shape index (κ3) is 2.86. The summed E-state index contributed by atoms with van der Waals surface area (Å²) in [5.74, 6) is 2.34. The van der Waals surface area contributed by atoms with Gasteiger partial charge in [-0.15, -0.1) is 0 Å². The van der Waals surface area contributed by atoms with Crippen LogP contribution in [0, 0.1) is 11.8 Å². The fourth-order valence-electron chi connectivity index (χ4n) is 3.31. The van der Waals surface area contributed by atoms with E-state index in [1.54, 1.807) is 7.11 Å². The normalized spacial score (nSPS) is 25.7. The molecule has 3 unspecified atom stereocenters. The summed E-state index contributed by atoms with van der Waals surface area (Å²) < 4.78 is 5.29. The molecule has 1 aliphatic carbocycles. The highest BCUT2D eigenvalue weighted by atomic mass is 16.5. The molecule has 2 N–H and O–H groups in total. The minimum absolute atomic E-state index is 0.158. The molecule has 0 aliphatic heterocycles. The fourth-order valence-corrected chi connectivity index (χ4v) is 3.31. The molecule has 1 aromatic carbocycles. The quantitative estimate of drug-likeness (QED) is 0.875. The Kier molecular flexibility index (Phi) is 4.65. The van der Waals surface area contributed by atoms with E-state index in [1.807, 2.05) is 12.1 Å². The van der Waals surface area contributed by atoms with E-state index in [4.69, 9.17) is 10.5 Å². The molecule has 3 atom stereocenters. The number of methoxy groups -OCH3 is 1. The van der Waals surface area contributed by atoms with E-state index >= 15 is 0 Å². The van der Waals surface area contributed by atoms with Crippen molar-refractivity contribution >= 4 is 0 Å². The molecule has 0 aromatic heterocycles. The molecule has 0 amide bonds. The van der Waals surface area contributed by atoms with Crippen molar-refractivity contribution in [3.8, 4) is 5.75 Å². The third-order valence-corrected chi connectivity index (χ3v) is 4.43. The Labute approximate surface area is 111 Å². The number of rotatable bonds is 4. The summed E-state index contributed by atoms with van der Waals surface area (Å²) in [6.45, 7) is 2.29. The molecule has 0 spiro atoms. The molecule has 0 heterocycles. The van der Waals surface area contributed by atoms with Gasteiger partial charge in [0, 0.05) is 6.04 Å². The summed E-state index contributed by atoms with van der Waals surface area (Å²) in [5.41, 5.74) is 7.73. The van der Waals surface area contributed by atoms with Gasteiger partial charge in [-0.3, -0.25) is 0 Å². The first kappa shape index (κ1) is 13.4. The summed E-state index contributed by atoms with van der Waals surface area (Å²) in [7, 11) is 1.71. The van der Waals surface area contributed by atoms with Gasteiger partial charge in [-0.2, -0.15) is 0 Å². The first-order valence-corrected chi connectivity index (χ1v) is 7.15. The number of benzene rings is 1. The number of ether oxygens (including phenoxy) is 1. The maximum Gasteiger partial charge on any atom is 0.119 e. The molecule has 1 saturated carbocycles. The Hall–Kier alpha value is -1.02. The van der Waals surface area contributed by atoms with Gasteiger partial charge in [0.25, 0.3) is 0 Å². The topological polar surface area (TPSA) is 35.2 Å². The van der Waals surface area contributed by atoms with E-state index in [0.29, 0.717) is 5.92 Å². The Morgan fingerprint density at radius 1 is 1.33 bits per heavy atom. The molecule has 0 bridgehead atoms. The van der Waals surface area contributed by atoms with Crippen LogP contribution in [0.3, 0.4) is 0 Å². The van der Waals surface area contributed by atoms with Crippen LogP contribution in [0.4, 0.5) is 0 Å². The Bertz CT molecular complexity index is 377. The highest BCUT2D eigenvalue weighted by Gasteiger charge is 2.29. The largest absolute Gasteiger partial charge is 0.497 e. The molecule has 18 heavy (non-hydrogen) atoms. The van der Waals surface area contributed by atoms with Crippen molar-refractivity contribution in [1.29, 1.82) is 0 Å². The Balaban J connectivity index is 2.15. The van der Waals surface area contributed by atoms with Gasteiger partial charge in [-0.25, -0.2) is 0 Å². The molecule has 1 fully saturated rings. The predicted octanol–water partition coefficient (Wildman–Crippen LogP) is 3.91. The maximum atomic E-state index is 6.50. The van der Waals surface area contributed by atoms with Gasteiger partial charge in [-0.05, 0) is 36.0 Å². The molecule has 2 nitrogen and oxygen atoms in total.